The monoisotopic (exact) mass is 667 g/mol. The Kier molecular flexibility index (Phi) is 5.83. The van der Waals surface area contributed by atoms with Gasteiger partial charge in [-0.2, -0.15) is 0 Å². The number of hydrogen-bond acceptors (Lipinski definition) is 2. The molecule has 8 aromatic carbocycles. The molecular weight excluding hydrogens is 631 g/mol. The molecule has 2 aliphatic rings. The van der Waals surface area contributed by atoms with Crippen molar-refractivity contribution in [2.24, 2.45) is 0 Å². The third kappa shape index (κ3) is 3.84. The summed E-state index contributed by atoms with van der Waals surface area (Å²) >= 11 is 0. The van der Waals surface area contributed by atoms with Crippen LogP contribution in [0, 0.1) is 0 Å². The maximum Gasteiger partial charge on any atom is 0.143 e. The van der Waals surface area contributed by atoms with Gasteiger partial charge in [-0.05, 0) is 97.1 Å². The molecule has 0 unspecified atom stereocenters. The molecule has 2 aliphatic carbocycles. The Morgan fingerprint density at radius 2 is 1.04 bits per heavy atom. The average Bonchev–Trinajstić information content (AvgIpc) is 3.75. The summed E-state index contributed by atoms with van der Waals surface area (Å²) in [6, 6.07) is 55.8. The van der Waals surface area contributed by atoms with Gasteiger partial charge in [-0.25, -0.2) is 0 Å². The van der Waals surface area contributed by atoms with Crippen LogP contribution in [0.5, 0.6) is 0 Å². The summed E-state index contributed by atoms with van der Waals surface area (Å²) in [5, 5.41) is 7.24. The van der Waals surface area contributed by atoms with Crippen molar-refractivity contribution in [2.45, 2.75) is 38.5 Å². The highest BCUT2D eigenvalue weighted by Crippen LogP contribution is 2.57. The molecule has 0 N–H and O–H groups in total. The fourth-order valence-electron chi connectivity index (χ4n) is 9.70. The second-order valence-electron chi connectivity index (χ2n) is 15.7. The molecule has 11 rings (SSSR count). The highest BCUT2D eigenvalue weighted by Gasteiger charge is 2.40. The number of anilines is 3. The molecule has 0 radical (unpaired) electrons. The van der Waals surface area contributed by atoms with Crippen LogP contribution in [-0.4, -0.2) is 0 Å². The molecule has 248 valence electrons. The van der Waals surface area contributed by atoms with Crippen LogP contribution in [0.3, 0.4) is 0 Å². The summed E-state index contributed by atoms with van der Waals surface area (Å²) in [4.78, 5) is 2.40. The highest BCUT2D eigenvalue weighted by molar-refractivity contribution is 6.23. The molecule has 9 aromatic rings. The molecule has 0 aliphatic heterocycles. The molecular formula is C50H37NO. The summed E-state index contributed by atoms with van der Waals surface area (Å²) in [6.45, 7) is 9.44. The van der Waals surface area contributed by atoms with Gasteiger partial charge in [-0.3, -0.25) is 0 Å². The maximum absolute atomic E-state index is 7.04. The zero-order chi connectivity index (χ0) is 34.9. The summed E-state index contributed by atoms with van der Waals surface area (Å²) in [6.07, 6.45) is 0. The van der Waals surface area contributed by atoms with E-state index in [1.165, 1.54) is 66.1 Å². The highest BCUT2D eigenvalue weighted by atomic mass is 16.3. The third-order valence-electron chi connectivity index (χ3n) is 12.2. The largest absolute Gasteiger partial charge is 0.455 e. The lowest BCUT2D eigenvalue weighted by atomic mass is 9.79. The predicted octanol–water partition coefficient (Wildman–Crippen LogP) is 14.0. The Bertz CT molecular complexity index is 2980. The number of rotatable bonds is 3. The van der Waals surface area contributed by atoms with Crippen LogP contribution in [0.2, 0.25) is 0 Å². The topological polar surface area (TPSA) is 16.4 Å². The van der Waals surface area contributed by atoms with Crippen LogP contribution in [-0.2, 0) is 10.8 Å². The van der Waals surface area contributed by atoms with Gasteiger partial charge in [0.1, 0.15) is 11.2 Å². The van der Waals surface area contributed by atoms with E-state index in [4.69, 9.17) is 4.42 Å². The second-order valence-corrected chi connectivity index (χ2v) is 15.7. The van der Waals surface area contributed by atoms with E-state index in [-0.39, 0.29) is 10.8 Å². The predicted molar refractivity (Wildman–Crippen MR) is 219 cm³/mol. The fraction of sp³-hybridized carbons (Fsp3) is 0.120. The van der Waals surface area contributed by atoms with E-state index in [9.17, 15) is 0 Å². The van der Waals surface area contributed by atoms with Crippen molar-refractivity contribution in [1.82, 2.24) is 0 Å². The van der Waals surface area contributed by atoms with Crippen molar-refractivity contribution < 1.29 is 4.42 Å². The smallest absolute Gasteiger partial charge is 0.143 e. The van der Waals surface area contributed by atoms with Gasteiger partial charge in [0.2, 0.25) is 0 Å². The lowest BCUT2D eigenvalue weighted by molar-refractivity contribution is 0.659. The minimum Gasteiger partial charge on any atom is -0.455 e. The second kappa shape index (κ2) is 10.2. The third-order valence-corrected chi connectivity index (χ3v) is 12.2. The van der Waals surface area contributed by atoms with Gasteiger partial charge in [0.25, 0.3) is 0 Å². The number of hydrogen-bond donors (Lipinski definition) is 0. The summed E-state index contributed by atoms with van der Waals surface area (Å²) in [7, 11) is 0. The summed E-state index contributed by atoms with van der Waals surface area (Å²) in [5.74, 6) is 0. The van der Waals surface area contributed by atoms with Gasteiger partial charge >= 0.3 is 0 Å². The normalized spacial score (nSPS) is 14.8. The first kappa shape index (κ1) is 29.6. The standard InChI is InChI=1S/C50H37NO/c1-49(2)41-19-11-9-15-35(41)36-25-23-33(28-43(36)49)51(32-22-21-30-13-5-6-14-31(30)27-32)34-24-26-40-44(29-34)52-48-38-17-8-7-16-37(38)45-39-18-10-12-20-42(39)50(3,4)47(45)46(40)48/h5-29H,1-4H3. The van der Waals surface area contributed by atoms with Crippen LogP contribution >= 0.6 is 0 Å². The lowest BCUT2D eigenvalue weighted by Crippen LogP contribution is -2.16. The molecule has 0 atom stereocenters. The van der Waals surface area contributed by atoms with Crippen LogP contribution in [0.4, 0.5) is 17.1 Å². The van der Waals surface area contributed by atoms with Gasteiger partial charge in [-0.1, -0.05) is 137 Å². The van der Waals surface area contributed by atoms with Crippen LogP contribution < -0.4 is 4.90 Å². The Hall–Kier alpha value is -6.12. The molecule has 0 saturated carbocycles. The molecule has 52 heavy (non-hydrogen) atoms. The SMILES string of the molecule is CC1(C)c2ccccc2-c2ccc(N(c3ccc4ccccc4c3)c3ccc4c(c3)oc3c5ccccc5c5c(c43)C(C)(C)c3ccccc3-5)cc21. The van der Waals surface area contributed by atoms with Gasteiger partial charge in [-0.15, -0.1) is 0 Å². The Balaban J connectivity index is 1.17. The number of fused-ring (bicyclic) bond motifs is 14. The van der Waals surface area contributed by atoms with Gasteiger partial charge < -0.3 is 9.32 Å². The average molecular weight is 668 g/mol. The van der Waals surface area contributed by atoms with E-state index >= 15 is 0 Å². The van der Waals surface area contributed by atoms with Gasteiger partial charge in [0, 0.05) is 50.1 Å². The van der Waals surface area contributed by atoms with E-state index in [1.807, 2.05) is 0 Å². The van der Waals surface area contributed by atoms with Crippen LogP contribution in [0.15, 0.2) is 156 Å². The van der Waals surface area contributed by atoms with E-state index in [0.717, 1.165) is 39.0 Å². The first-order valence-electron chi connectivity index (χ1n) is 18.4. The van der Waals surface area contributed by atoms with Crippen molar-refractivity contribution in [3.8, 4) is 22.3 Å². The maximum atomic E-state index is 7.04. The lowest BCUT2D eigenvalue weighted by Gasteiger charge is -2.28. The van der Waals surface area contributed by atoms with Crippen molar-refractivity contribution in [1.29, 1.82) is 0 Å². The van der Waals surface area contributed by atoms with Gasteiger partial charge in [0.15, 0.2) is 0 Å². The van der Waals surface area contributed by atoms with E-state index in [0.29, 0.717) is 0 Å². The number of benzene rings is 8. The molecule has 0 saturated heterocycles. The Morgan fingerprint density at radius 3 is 1.87 bits per heavy atom. The van der Waals surface area contributed by atoms with E-state index in [1.54, 1.807) is 0 Å². The summed E-state index contributed by atoms with van der Waals surface area (Å²) < 4.78 is 7.04. The van der Waals surface area contributed by atoms with E-state index in [2.05, 4.69) is 184 Å². The molecule has 2 nitrogen and oxygen atoms in total. The summed E-state index contributed by atoms with van der Waals surface area (Å²) in [5.41, 5.74) is 15.7. The number of furan rings is 1. The van der Waals surface area contributed by atoms with Crippen molar-refractivity contribution >= 4 is 60.5 Å². The fourth-order valence-corrected chi connectivity index (χ4v) is 9.70. The molecule has 0 fully saturated rings. The minimum atomic E-state index is -0.171. The minimum absolute atomic E-state index is 0.106. The van der Waals surface area contributed by atoms with E-state index < -0.39 is 0 Å². The first-order chi connectivity index (χ1) is 25.3. The number of nitrogens with zero attached hydrogens (tertiary/aromatic N) is 1. The Labute approximate surface area is 303 Å². The first-order valence-corrected chi connectivity index (χ1v) is 18.4. The van der Waals surface area contributed by atoms with Crippen LogP contribution in [0.1, 0.15) is 49.9 Å². The molecule has 0 amide bonds. The molecule has 1 aromatic heterocycles. The molecule has 0 spiro atoms. The van der Waals surface area contributed by atoms with Crippen molar-refractivity contribution in [3.63, 3.8) is 0 Å². The molecule has 1 heterocycles. The van der Waals surface area contributed by atoms with Crippen LogP contribution in [0.25, 0.3) is 65.7 Å². The Morgan fingerprint density at radius 1 is 0.442 bits per heavy atom. The van der Waals surface area contributed by atoms with Gasteiger partial charge in [0.05, 0.1) is 0 Å². The zero-order valence-corrected chi connectivity index (χ0v) is 29.8. The van der Waals surface area contributed by atoms with Crippen molar-refractivity contribution in [2.75, 3.05) is 4.90 Å². The molecule has 0 bridgehead atoms. The van der Waals surface area contributed by atoms with Crippen molar-refractivity contribution in [3.05, 3.63) is 174 Å². The molecule has 2 heteroatoms. The quantitative estimate of drug-likeness (QED) is 0.186. The zero-order valence-electron chi connectivity index (χ0n) is 29.8.